The van der Waals surface area contributed by atoms with Crippen LogP contribution in [0, 0.1) is 13.8 Å². The van der Waals surface area contributed by atoms with Crippen molar-refractivity contribution in [3.05, 3.63) is 66.2 Å². The van der Waals surface area contributed by atoms with Gasteiger partial charge in [-0.25, -0.2) is 0 Å². The predicted molar refractivity (Wildman–Crippen MR) is 101 cm³/mol. The van der Waals surface area contributed by atoms with Crippen LogP contribution in [0.2, 0.25) is 0 Å². The Morgan fingerprint density at radius 2 is 1.76 bits per heavy atom. The first-order valence-corrected chi connectivity index (χ1v) is 8.41. The van der Waals surface area contributed by atoms with Gasteiger partial charge >= 0.3 is 0 Å². The van der Waals surface area contributed by atoms with E-state index in [0.717, 1.165) is 16.9 Å². The molecule has 2 aromatic carbocycles. The van der Waals surface area contributed by atoms with E-state index in [-0.39, 0.29) is 5.91 Å². The van der Waals surface area contributed by atoms with E-state index >= 15 is 0 Å². The molecule has 0 heterocycles. The Morgan fingerprint density at radius 3 is 2.32 bits per heavy atom. The average Bonchev–Trinajstić information content (AvgIpc) is 2.58. The normalized spacial score (nSPS) is 11.5. The van der Waals surface area contributed by atoms with E-state index in [1.165, 1.54) is 0 Å². The Morgan fingerprint density at radius 1 is 1.12 bits per heavy atom. The van der Waals surface area contributed by atoms with Gasteiger partial charge in [-0.05, 0) is 67.8 Å². The first kappa shape index (κ1) is 18.6. The molecular weight excluding hydrogens is 314 g/mol. The second kappa shape index (κ2) is 8.92. The van der Waals surface area contributed by atoms with Crippen molar-refractivity contribution in [2.75, 3.05) is 11.9 Å². The molecule has 25 heavy (non-hydrogen) atoms. The smallest absolute Gasteiger partial charge is 0.265 e. The standard InChI is InChI=1S/C21H25NO3/c1-5-11-24-18-9-7-17(8-10-18)22-21(23)20(6-2)25-19-13-15(3)12-16(4)14-19/h5,7-10,12-14,20H,1,6,11H2,2-4H3,(H,22,23). The van der Waals surface area contributed by atoms with E-state index in [9.17, 15) is 4.79 Å². The van der Waals surface area contributed by atoms with Gasteiger partial charge < -0.3 is 14.8 Å². The van der Waals surface area contributed by atoms with Crippen LogP contribution in [0.25, 0.3) is 0 Å². The summed E-state index contributed by atoms with van der Waals surface area (Å²) in [5, 5.41) is 2.89. The number of amides is 1. The number of carbonyl (C=O) groups excluding carboxylic acids is 1. The van der Waals surface area contributed by atoms with Gasteiger partial charge in [0.25, 0.3) is 5.91 Å². The molecule has 0 aromatic heterocycles. The molecule has 1 N–H and O–H groups in total. The quantitative estimate of drug-likeness (QED) is 0.711. The number of benzene rings is 2. The number of anilines is 1. The highest BCUT2D eigenvalue weighted by Gasteiger charge is 2.18. The van der Waals surface area contributed by atoms with Crippen LogP contribution in [-0.2, 0) is 4.79 Å². The van der Waals surface area contributed by atoms with Crippen molar-refractivity contribution in [1.29, 1.82) is 0 Å². The van der Waals surface area contributed by atoms with Crippen molar-refractivity contribution in [1.82, 2.24) is 0 Å². The molecule has 0 aliphatic rings. The summed E-state index contributed by atoms with van der Waals surface area (Å²) in [7, 11) is 0. The lowest BCUT2D eigenvalue weighted by molar-refractivity contribution is -0.122. The van der Waals surface area contributed by atoms with E-state index < -0.39 is 6.10 Å². The van der Waals surface area contributed by atoms with Gasteiger partial charge in [-0.2, -0.15) is 0 Å². The molecule has 0 aliphatic heterocycles. The van der Waals surface area contributed by atoms with Crippen molar-refractivity contribution < 1.29 is 14.3 Å². The van der Waals surface area contributed by atoms with Gasteiger partial charge in [0.05, 0.1) is 0 Å². The number of hydrogen-bond donors (Lipinski definition) is 1. The third-order valence-corrected chi connectivity index (χ3v) is 3.63. The molecule has 0 aliphatic carbocycles. The molecular formula is C21H25NO3. The highest BCUT2D eigenvalue weighted by molar-refractivity contribution is 5.94. The van der Waals surface area contributed by atoms with E-state index in [1.807, 2.05) is 45.0 Å². The number of rotatable bonds is 8. The lowest BCUT2D eigenvalue weighted by Gasteiger charge is -2.18. The van der Waals surface area contributed by atoms with Crippen molar-refractivity contribution in [3.63, 3.8) is 0 Å². The third kappa shape index (κ3) is 5.68. The predicted octanol–water partition coefficient (Wildman–Crippen LogP) is 4.66. The van der Waals surface area contributed by atoms with Crippen LogP contribution in [0.1, 0.15) is 24.5 Å². The third-order valence-electron chi connectivity index (χ3n) is 3.63. The molecule has 4 nitrogen and oxygen atoms in total. The molecule has 4 heteroatoms. The Kier molecular flexibility index (Phi) is 6.63. The largest absolute Gasteiger partial charge is 0.490 e. The number of aryl methyl sites for hydroxylation is 2. The lowest BCUT2D eigenvalue weighted by Crippen LogP contribution is -2.32. The summed E-state index contributed by atoms with van der Waals surface area (Å²) in [6.45, 7) is 10.0. The van der Waals surface area contributed by atoms with Gasteiger partial charge in [-0.1, -0.05) is 25.6 Å². The Balaban J connectivity index is 2.00. The molecule has 0 bridgehead atoms. The zero-order chi connectivity index (χ0) is 18.2. The second-order valence-corrected chi connectivity index (χ2v) is 5.95. The average molecular weight is 339 g/mol. The molecule has 132 valence electrons. The maximum Gasteiger partial charge on any atom is 0.265 e. The van der Waals surface area contributed by atoms with E-state index in [4.69, 9.17) is 9.47 Å². The lowest BCUT2D eigenvalue weighted by atomic mass is 10.1. The molecule has 0 saturated heterocycles. The fourth-order valence-corrected chi connectivity index (χ4v) is 2.50. The Hall–Kier alpha value is -2.75. The molecule has 2 aromatic rings. The SMILES string of the molecule is C=CCOc1ccc(NC(=O)C(CC)Oc2cc(C)cc(C)c2)cc1. The maximum absolute atomic E-state index is 12.5. The number of hydrogen-bond acceptors (Lipinski definition) is 3. The first-order valence-electron chi connectivity index (χ1n) is 8.41. The fourth-order valence-electron chi connectivity index (χ4n) is 2.50. The van der Waals surface area contributed by atoms with Gasteiger partial charge in [0.2, 0.25) is 0 Å². The topological polar surface area (TPSA) is 47.6 Å². The van der Waals surface area contributed by atoms with Crippen LogP contribution < -0.4 is 14.8 Å². The summed E-state index contributed by atoms with van der Waals surface area (Å²) in [5.41, 5.74) is 2.93. The zero-order valence-corrected chi connectivity index (χ0v) is 15.0. The van der Waals surface area contributed by atoms with Gasteiger partial charge in [-0.3, -0.25) is 4.79 Å². The summed E-state index contributed by atoms with van der Waals surface area (Å²) in [4.78, 5) is 12.5. The monoisotopic (exact) mass is 339 g/mol. The van der Waals surface area contributed by atoms with Gasteiger partial charge in [0, 0.05) is 5.69 Å². The van der Waals surface area contributed by atoms with Gasteiger partial charge in [0.15, 0.2) is 6.10 Å². The molecule has 2 rings (SSSR count). The molecule has 0 saturated carbocycles. The van der Waals surface area contributed by atoms with E-state index in [2.05, 4.69) is 18.0 Å². The highest BCUT2D eigenvalue weighted by Crippen LogP contribution is 2.20. The summed E-state index contributed by atoms with van der Waals surface area (Å²) in [5.74, 6) is 1.28. The van der Waals surface area contributed by atoms with Crippen LogP contribution in [0.15, 0.2) is 55.1 Å². The van der Waals surface area contributed by atoms with Crippen LogP contribution in [0.5, 0.6) is 11.5 Å². The fraction of sp³-hybridized carbons (Fsp3) is 0.286. The second-order valence-electron chi connectivity index (χ2n) is 5.95. The molecule has 1 atom stereocenters. The summed E-state index contributed by atoms with van der Waals surface area (Å²) in [6.07, 6.45) is 1.73. The number of carbonyl (C=O) groups is 1. The Bertz CT molecular complexity index is 702. The minimum Gasteiger partial charge on any atom is -0.490 e. The molecule has 1 unspecified atom stereocenters. The maximum atomic E-state index is 12.5. The van der Waals surface area contributed by atoms with E-state index in [0.29, 0.717) is 24.5 Å². The number of ether oxygens (including phenoxy) is 2. The van der Waals surface area contributed by atoms with Crippen LogP contribution in [-0.4, -0.2) is 18.6 Å². The summed E-state index contributed by atoms with van der Waals surface area (Å²) < 4.78 is 11.3. The van der Waals surface area contributed by atoms with Gasteiger partial charge in [0.1, 0.15) is 18.1 Å². The van der Waals surface area contributed by atoms with Gasteiger partial charge in [-0.15, -0.1) is 0 Å². The van der Waals surface area contributed by atoms with Crippen molar-refractivity contribution in [3.8, 4) is 11.5 Å². The summed E-state index contributed by atoms with van der Waals surface area (Å²) >= 11 is 0. The van der Waals surface area contributed by atoms with E-state index in [1.54, 1.807) is 18.2 Å². The minimum atomic E-state index is -0.544. The molecule has 0 spiro atoms. The molecule has 0 radical (unpaired) electrons. The zero-order valence-electron chi connectivity index (χ0n) is 15.0. The van der Waals surface area contributed by atoms with Crippen molar-refractivity contribution in [2.45, 2.75) is 33.3 Å². The molecule has 0 fully saturated rings. The Labute approximate surface area is 149 Å². The number of nitrogens with one attached hydrogen (secondary N) is 1. The van der Waals surface area contributed by atoms with Crippen LogP contribution in [0.3, 0.4) is 0 Å². The first-order chi connectivity index (χ1) is 12.0. The molecule has 1 amide bonds. The summed E-state index contributed by atoms with van der Waals surface area (Å²) in [6, 6.07) is 13.2. The van der Waals surface area contributed by atoms with Crippen LogP contribution in [0.4, 0.5) is 5.69 Å². The highest BCUT2D eigenvalue weighted by atomic mass is 16.5. The van der Waals surface area contributed by atoms with Crippen LogP contribution >= 0.6 is 0 Å². The van der Waals surface area contributed by atoms with Crippen molar-refractivity contribution in [2.24, 2.45) is 0 Å². The minimum absolute atomic E-state index is 0.165. The van der Waals surface area contributed by atoms with Crippen molar-refractivity contribution >= 4 is 11.6 Å².